The first-order chi connectivity index (χ1) is 14.1. The standard InChI is InChI=1S/C22H19N5OS/c1-13(28)24-22-25-18-12-11-17-19(14-7-9-15(23)10-8-14)26-27(20(17)21(18)29-22)16-5-3-2-4-6-16/h2-10H,11-12,23H2,1H3,(H,24,25,28). The quantitative estimate of drug-likeness (QED) is 0.501. The minimum atomic E-state index is -0.115. The summed E-state index contributed by atoms with van der Waals surface area (Å²) in [6, 6.07) is 17.9. The Morgan fingerprint density at radius 1 is 1.10 bits per heavy atom. The molecular formula is C22H19N5OS. The number of carbonyl (C=O) groups excluding carboxylic acids is 1. The third kappa shape index (κ3) is 3.09. The number of aryl methyl sites for hydroxylation is 1. The predicted molar refractivity (Wildman–Crippen MR) is 116 cm³/mol. The van der Waals surface area contributed by atoms with Crippen molar-refractivity contribution in [2.24, 2.45) is 0 Å². The summed E-state index contributed by atoms with van der Waals surface area (Å²) in [6.45, 7) is 1.50. The number of hydrogen-bond donors (Lipinski definition) is 2. The predicted octanol–water partition coefficient (Wildman–Crippen LogP) is 4.30. The van der Waals surface area contributed by atoms with Gasteiger partial charge in [0, 0.05) is 23.7 Å². The molecule has 2 aromatic heterocycles. The molecule has 29 heavy (non-hydrogen) atoms. The van der Waals surface area contributed by atoms with Crippen molar-refractivity contribution in [3.05, 3.63) is 65.9 Å². The number of aromatic nitrogens is 3. The number of anilines is 2. The molecule has 2 heterocycles. The van der Waals surface area contributed by atoms with E-state index in [9.17, 15) is 4.79 Å². The van der Waals surface area contributed by atoms with Gasteiger partial charge in [-0.05, 0) is 37.1 Å². The van der Waals surface area contributed by atoms with Crippen LogP contribution in [0.15, 0.2) is 54.6 Å². The molecule has 7 heteroatoms. The van der Waals surface area contributed by atoms with Crippen molar-refractivity contribution in [2.45, 2.75) is 19.8 Å². The van der Waals surface area contributed by atoms with Crippen molar-refractivity contribution < 1.29 is 4.79 Å². The highest BCUT2D eigenvalue weighted by Gasteiger charge is 2.29. The number of benzene rings is 2. The first kappa shape index (κ1) is 17.6. The lowest BCUT2D eigenvalue weighted by molar-refractivity contribution is -0.114. The molecule has 0 atom stereocenters. The van der Waals surface area contributed by atoms with E-state index in [4.69, 9.17) is 10.8 Å². The van der Waals surface area contributed by atoms with Crippen LogP contribution < -0.4 is 11.1 Å². The summed E-state index contributed by atoms with van der Waals surface area (Å²) < 4.78 is 1.99. The highest BCUT2D eigenvalue weighted by Crippen LogP contribution is 2.44. The Balaban J connectivity index is 1.73. The first-order valence-corrected chi connectivity index (χ1v) is 10.2. The fraction of sp³-hybridized carbons (Fsp3) is 0.136. The number of amides is 1. The topological polar surface area (TPSA) is 85.8 Å². The maximum Gasteiger partial charge on any atom is 0.223 e. The van der Waals surface area contributed by atoms with Crippen molar-refractivity contribution in [3.63, 3.8) is 0 Å². The minimum absolute atomic E-state index is 0.115. The molecule has 0 bridgehead atoms. The number of hydrogen-bond acceptors (Lipinski definition) is 5. The molecule has 0 saturated heterocycles. The van der Waals surface area contributed by atoms with Crippen LogP contribution in [0.4, 0.5) is 10.8 Å². The van der Waals surface area contributed by atoms with Gasteiger partial charge in [-0.15, -0.1) is 0 Å². The molecule has 6 nitrogen and oxygen atoms in total. The zero-order chi connectivity index (χ0) is 20.0. The van der Waals surface area contributed by atoms with E-state index >= 15 is 0 Å². The van der Waals surface area contributed by atoms with Gasteiger partial charge >= 0.3 is 0 Å². The Morgan fingerprint density at radius 3 is 2.59 bits per heavy atom. The zero-order valence-corrected chi connectivity index (χ0v) is 16.7. The molecule has 0 aliphatic heterocycles. The molecule has 5 rings (SSSR count). The van der Waals surface area contributed by atoms with Crippen LogP contribution in [0.25, 0.3) is 27.5 Å². The monoisotopic (exact) mass is 401 g/mol. The van der Waals surface area contributed by atoms with E-state index in [1.807, 2.05) is 59.3 Å². The van der Waals surface area contributed by atoms with Gasteiger partial charge in [0.05, 0.1) is 27.6 Å². The van der Waals surface area contributed by atoms with Gasteiger partial charge in [0.2, 0.25) is 5.91 Å². The molecule has 1 aliphatic rings. The fourth-order valence-electron chi connectivity index (χ4n) is 3.70. The highest BCUT2D eigenvalue weighted by atomic mass is 32.1. The van der Waals surface area contributed by atoms with Gasteiger partial charge in [-0.1, -0.05) is 41.7 Å². The molecule has 3 N–H and O–H groups in total. The summed E-state index contributed by atoms with van der Waals surface area (Å²) in [4.78, 5) is 17.2. The van der Waals surface area contributed by atoms with Crippen LogP contribution in [-0.2, 0) is 17.6 Å². The van der Waals surface area contributed by atoms with Crippen molar-refractivity contribution in [3.8, 4) is 27.5 Å². The van der Waals surface area contributed by atoms with Crippen LogP contribution in [0.3, 0.4) is 0 Å². The van der Waals surface area contributed by atoms with Gasteiger partial charge in [0.1, 0.15) is 0 Å². The molecule has 144 valence electrons. The first-order valence-electron chi connectivity index (χ1n) is 9.41. The van der Waals surface area contributed by atoms with Crippen molar-refractivity contribution >= 4 is 28.1 Å². The van der Waals surface area contributed by atoms with E-state index in [2.05, 4.69) is 10.3 Å². The van der Waals surface area contributed by atoms with Gasteiger partial charge in [-0.3, -0.25) is 4.79 Å². The number of para-hydroxylation sites is 1. The number of fused-ring (bicyclic) bond motifs is 3. The maximum atomic E-state index is 11.5. The maximum absolute atomic E-state index is 11.5. The molecule has 1 aliphatic carbocycles. The van der Waals surface area contributed by atoms with Crippen molar-refractivity contribution in [2.75, 3.05) is 11.1 Å². The summed E-state index contributed by atoms with van der Waals surface area (Å²) >= 11 is 1.50. The summed E-state index contributed by atoms with van der Waals surface area (Å²) in [7, 11) is 0. The average molecular weight is 401 g/mol. The van der Waals surface area contributed by atoms with E-state index in [1.54, 1.807) is 0 Å². The zero-order valence-electron chi connectivity index (χ0n) is 15.8. The molecule has 0 radical (unpaired) electrons. The lowest BCUT2D eigenvalue weighted by Gasteiger charge is -2.14. The Bertz CT molecular complexity index is 1210. The van der Waals surface area contributed by atoms with Crippen molar-refractivity contribution in [1.29, 1.82) is 0 Å². The largest absolute Gasteiger partial charge is 0.399 e. The van der Waals surface area contributed by atoms with Gasteiger partial charge in [0.25, 0.3) is 0 Å². The molecule has 1 amide bonds. The summed E-state index contributed by atoms with van der Waals surface area (Å²) in [6.07, 6.45) is 1.67. The Labute approximate surface area is 172 Å². The van der Waals surface area contributed by atoms with Crippen LogP contribution in [-0.4, -0.2) is 20.7 Å². The average Bonchev–Trinajstić information content (AvgIpc) is 3.29. The van der Waals surface area contributed by atoms with E-state index in [-0.39, 0.29) is 5.91 Å². The van der Waals surface area contributed by atoms with E-state index in [1.165, 1.54) is 23.8 Å². The van der Waals surface area contributed by atoms with Crippen LogP contribution in [0, 0.1) is 0 Å². The van der Waals surface area contributed by atoms with E-state index < -0.39 is 0 Å². The highest BCUT2D eigenvalue weighted by molar-refractivity contribution is 7.19. The second-order valence-corrected chi connectivity index (χ2v) is 8.02. The number of nitrogens with one attached hydrogen (secondary N) is 1. The minimum Gasteiger partial charge on any atom is -0.399 e. The lowest BCUT2D eigenvalue weighted by atomic mass is 9.95. The summed E-state index contributed by atoms with van der Waals surface area (Å²) in [5.74, 6) is -0.115. The molecule has 0 saturated carbocycles. The van der Waals surface area contributed by atoms with Gasteiger partial charge < -0.3 is 11.1 Å². The van der Waals surface area contributed by atoms with Crippen molar-refractivity contribution in [1.82, 2.24) is 14.8 Å². The molecule has 0 fully saturated rings. The third-order valence-electron chi connectivity index (χ3n) is 4.98. The second-order valence-electron chi connectivity index (χ2n) is 7.02. The van der Waals surface area contributed by atoms with Gasteiger partial charge in [0.15, 0.2) is 5.13 Å². The number of rotatable bonds is 3. The number of thiazole rings is 1. The summed E-state index contributed by atoms with van der Waals surface area (Å²) in [5, 5.41) is 8.45. The molecule has 0 unspecified atom stereocenters. The number of nitrogens with two attached hydrogens (primary N) is 1. The number of nitrogens with zero attached hydrogens (tertiary/aromatic N) is 3. The van der Waals surface area contributed by atoms with E-state index in [0.717, 1.165) is 51.7 Å². The third-order valence-corrected chi connectivity index (χ3v) is 6.00. The number of nitrogen functional groups attached to an aromatic ring is 1. The lowest BCUT2D eigenvalue weighted by Crippen LogP contribution is -2.06. The normalized spacial score (nSPS) is 12.3. The fourth-order valence-corrected chi connectivity index (χ4v) is 4.82. The van der Waals surface area contributed by atoms with Crippen LogP contribution in [0.2, 0.25) is 0 Å². The summed E-state index contributed by atoms with van der Waals surface area (Å²) in [5.41, 5.74) is 12.9. The second kappa shape index (κ2) is 6.86. The van der Waals surface area contributed by atoms with Gasteiger partial charge in [-0.2, -0.15) is 5.10 Å². The molecular weight excluding hydrogens is 382 g/mol. The van der Waals surface area contributed by atoms with E-state index in [0.29, 0.717) is 5.13 Å². The molecule has 2 aromatic carbocycles. The SMILES string of the molecule is CC(=O)Nc1nc2c(s1)-c1c(c(-c3ccc(N)cc3)nn1-c1ccccc1)CC2. The Kier molecular flexibility index (Phi) is 4.17. The van der Waals surface area contributed by atoms with Crippen LogP contribution in [0.5, 0.6) is 0 Å². The Hall–Kier alpha value is -3.45. The Morgan fingerprint density at radius 2 is 1.86 bits per heavy atom. The van der Waals surface area contributed by atoms with Crippen LogP contribution >= 0.6 is 11.3 Å². The number of carbonyl (C=O) groups is 1. The smallest absolute Gasteiger partial charge is 0.223 e. The molecule has 0 spiro atoms. The molecule has 4 aromatic rings. The van der Waals surface area contributed by atoms with Gasteiger partial charge in [-0.25, -0.2) is 9.67 Å². The van der Waals surface area contributed by atoms with Crippen LogP contribution in [0.1, 0.15) is 18.2 Å².